The molecule has 0 aromatic rings. The molecule has 0 radical (unpaired) electrons. The van der Waals surface area contributed by atoms with E-state index in [1.807, 2.05) is 6.92 Å². The Morgan fingerprint density at radius 3 is 2.22 bits per heavy atom. The monoisotopic (exact) mass is 279 g/mol. The lowest BCUT2D eigenvalue weighted by Crippen LogP contribution is -2.39. The van der Waals surface area contributed by atoms with E-state index < -0.39 is 0 Å². The highest BCUT2D eigenvalue weighted by molar-refractivity contribution is 5.85. The summed E-state index contributed by atoms with van der Waals surface area (Å²) >= 11 is 0. The minimum atomic E-state index is -0.164. The van der Waals surface area contributed by atoms with Gasteiger partial charge in [0.25, 0.3) is 0 Å². The van der Waals surface area contributed by atoms with Crippen LogP contribution in [-0.4, -0.2) is 31.4 Å². The number of carbonyl (C=O) groups excluding carboxylic acids is 2. The quantitative estimate of drug-likeness (QED) is 0.611. The Kier molecular flexibility index (Phi) is 12.2. The molecule has 0 rings (SSSR count). The molecular formula is C12H26ClN3O2. The maximum Gasteiger partial charge on any atom is 0.239 e. The standard InChI is InChI=1S/C12H25N3O2.ClH/c1-9(2)4-5-11(16)15-8-12(17)14-7-10(3)6-13;/h9-10H,4-8,13H2,1-3H3,(H,14,17)(H,15,16);1H. The molecule has 0 aliphatic carbocycles. The zero-order chi connectivity index (χ0) is 13.3. The number of halogens is 1. The van der Waals surface area contributed by atoms with Crippen LogP contribution >= 0.6 is 12.4 Å². The number of hydrogen-bond acceptors (Lipinski definition) is 3. The Balaban J connectivity index is 0. The first-order chi connectivity index (χ1) is 7.95. The van der Waals surface area contributed by atoms with Crippen LogP contribution in [0.15, 0.2) is 0 Å². The van der Waals surface area contributed by atoms with Gasteiger partial charge in [0, 0.05) is 13.0 Å². The lowest BCUT2D eigenvalue weighted by atomic mass is 10.1. The molecule has 0 aliphatic rings. The third-order valence-electron chi connectivity index (χ3n) is 2.44. The molecular weight excluding hydrogens is 254 g/mol. The first-order valence-electron chi connectivity index (χ1n) is 6.19. The van der Waals surface area contributed by atoms with Gasteiger partial charge in [-0.25, -0.2) is 0 Å². The Morgan fingerprint density at radius 2 is 1.72 bits per heavy atom. The van der Waals surface area contributed by atoms with Gasteiger partial charge in [0.2, 0.25) is 11.8 Å². The Bertz CT molecular complexity index is 247. The molecule has 0 saturated carbocycles. The van der Waals surface area contributed by atoms with Gasteiger partial charge in [0.1, 0.15) is 0 Å². The van der Waals surface area contributed by atoms with Crippen LogP contribution in [0.5, 0.6) is 0 Å². The van der Waals surface area contributed by atoms with E-state index in [1.165, 1.54) is 0 Å². The van der Waals surface area contributed by atoms with Crippen molar-refractivity contribution in [2.75, 3.05) is 19.6 Å². The largest absolute Gasteiger partial charge is 0.354 e. The summed E-state index contributed by atoms with van der Waals surface area (Å²) < 4.78 is 0. The molecule has 5 nitrogen and oxygen atoms in total. The van der Waals surface area contributed by atoms with Crippen molar-refractivity contribution in [2.24, 2.45) is 17.6 Å². The number of hydrogen-bond donors (Lipinski definition) is 3. The van der Waals surface area contributed by atoms with Crippen molar-refractivity contribution in [1.29, 1.82) is 0 Å². The van der Waals surface area contributed by atoms with Crippen LogP contribution in [0.4, 0.5) is 0 Å². The smallest absolute Gasteiger partial charge is 0.239 e. The number of amides is 2. The molecule has 2 amide bonds. The van der Waals surface area contributed by atoms with Gasteiger partial charge in [-0.05, 0) is 24.8 Å². The lowest BCUT2D eigenvalue weighted by molar-refractivity contribution is -0.126. The zero-order valence-corrected chi connectivity index (χ0v) is 12.3. The molecule has 0 saturated heterocycles. The minimum Gasteiger partial charge on any atom is -0.354 e. The van der Waals surface area contributed by atoms with E-state index in [0.29, 0.717) is 25.4 Å². The van der Waals surface area contributed by atoms with E-state index in [9.17, 15) is 9.59 Å². The van der Waals surface area contributed by atoms with Crippen molar-refractivity contribution in [3.63, 3.8) is 0 Å². The first kappa shape index (κ1) is 19.5. The van der Waals surface area contributed by atoms with E-state index in [4.69, 9.17) is 5.73 Å². The van der Waals surface area contributed by atoms with E-state index in [2.05, 4.69) is 24.5 Å². The van der Waals surface area contributed by atoms with Gasteiger partial charge >= 0.3 is 0 Å². The summed E-state index contributed by atoms with van der Waals surface area (Å²) in [4.78, 5) is 22.7. The summed E-state index contributed by atoms with van der Waals surface area (Å²) in [5, 5.41) is 5.32. The molecule has 4 N–H and O–H groups in total. The highest BCUT2D eigenvalue weighted by atomic mass is 35.5. The maximum atomic E-state index is 11.3. The molecule has 1 unspecified atom stereocenters. The molecule has 108 valence electrons. The van der Waals surface area contributed by atoms with Gasteiger partial charge in [-0.15, -0.1) is 12.4 Å². The highest BCUT2D eigenvalue weighted by Gasteiger charge is 2.07. The molecule has 6 heteroatoms. The molecule has 0 aromatic carbocycles. The van der Waals surface area contributed by atoms with Crippen molar-refractivity contribution in [3.8, 4) is 0 Å². The number of nitrogens with two attached hydrogens (primary N) is 1. The van der Waals surface area contributed by atoms with Crippen LogP contribution < -0.4 is 16.4 Å². The SMILES string of the molecule is CC(C)CCC(=O)NCC(=O)NCC(C)CN.Cl. The number of carbonyl (C=O) groups is 2. The van der Waals surface area contributed by atoms with Crippen molar-refractivity contribution in [2.45, 2.75) is 33.6 Å². The van der Waals surface area contributed by atoms with Crippen molar-refractivity contribution in [3.05, 3.63) is 0 Å². The van der Waals surface area contributed by atoms with Gasteiger partial charge < -0.3 is 16.4 Å². The predicted octanol–water partition coefficient (Wildman–Crippen LogP) is 0.672. The van der Waals surface area contributed by atoms with Gasteiger partial charge in [0.05, 0.1) is 6.54 Å². The van der Waals surface area contributed by atoms with E-state index in [1.54, 1.807) is 0 Å². The summed E-state index contributed by atoms with van der Waals surface area (Å²) in [6.07, 6.45) is 1.32. The van der Waals surface area contributed by atoms with Gasteiger partial charge in [0.15, 0.2) is 0 Å². The van der Waals surface area contributed by atoms with Gasteiger partial charge in [-0.1, -0.05) is 20.8 Å². The fourth-order valence-electron chi connectivity index (χ4n) is 1.12. The molecule has 18 heavy (non-hydrogen) atoms. The summed E-state index contributed by atoms with van der Waals surface area (Å²) in [6.45, 7) is 7.23. The molecule has 0 aromatic heterocycles. The second kappa shape index (κ2) is 11.3. The van der Waals surface area contributed by atoms with Crippen LogP contribution in [0.1, 0.15) is 33.6 Å². The van der Waals surface area contributed by atoms with Crippen molar-refractivity contribution in [1.82, 2.24) is 10.6 Å². The van der Waals surface area contributed by atoms with E-state index in [0.717, 1.165) is 6.42 Å². The van der Waals surface area contributed by atoms with Crippen molar-refractivity contribution >= 4 is 24.2 Å². The Morgan fingerprint density at radius 1 is 1.11 bits per heavy atom. The predicted molar refractivity (Wildman–Crippen MR) is 75.6 cm³/mol. The van der Waals surface area contributed by atoms with E-state index in [-0.39, 0.29) is 36.7 Å². The molecule has 0 bridgehead atoms. The van der Waals surface area contributed by atoms with Crippen molar-refractivity contribution < 1.29 is 9.59 Å². The van der Waals surface area contributed by atoms with Gasteiger partial charge in [-0.2, -0.15) is 0 Å². The van der Waals surface area contributed by atoms with E-state index >= 15 is 0 Å². The second-order valence-electron chi connectivity index (χ2n) is 4.85. The fourth-order valence-corrected chi connectivity index (χ4v) is 1.12. The molecule has 0 aliphatic heterocycles. The lowest BCUT2D eigenvalue weighted by Gasteiger charge is -2.10. The topological polar surface area (TPSA) is 84.2 Å². The summed E-state index contributed by atoms with van der Waals surface area (Å²) in [5.41, 5.74) is 5.43. The molecule has 0 fully saturated rings. The number of nitrogens with one attached hydrogen (secondary N) is 2. The van der Waals surface area contributed by atoms with Crippen LogP contribution in [0, 0.1) is 11.8 Å². The summed E-state index contributed by atoms with van der Waals surface area (Å²) in [6, 6.07) is 0. The average molecular weight is 280 g/mol. The summed E-state index contributed by atoms with van der Waals surface area (Å²) in [7, 11) is 0. The van der Waals surface area contributed by atoms with Crippen LogP contribution in [0.3, 0.4) is 0 Å². The first-order valence-corrected chi connectivity index (χ1v) is 6.19. The van der Waals surface area contributed by atoms with Gasteiger partial charge in [-0.3, -0.25) is 9.59 Å². The second-order valence-corrected chi connectivity index (χ2v) is 4.85. The van der Waals surface area contributed by atoms with Crippen LogP contribution in [0.25, 0.3) is 0 Å². The molecule has 0 spiro atoms. The minimum absolute atomic E-state index is 0. The number of rotatable bonds is 8. The van der Waals surface area contributed by atoms with Crippen LogP contribution in [-0.2, 0) is 9.59 Å². The molecule has 0 heterocycles. The fraction of sp³-hybridized carbons (Fsp3) is 0.833. The highest BCUT2D eigenvalue weighted by Crippen LogP contribution is 2.02. The average Bonchev–Trinajstić information content (AvgIpc) is 2.30. The zero-order valence-electron chi connectivity index (χ0n) is 11.5. The Hall–Kier alpha value is -0.810. The third kappa shape index (κ3) is 11.7. The Labute approximate surface area is 116 Å². The maximum absolute atomic E-state index is 11.3. The third-order valence-corrected chi connectivity index (χ3v) is 2.44. The van der Waals surface area contributed by atoms with Crippen LogP contribution in [0.2, 0.25) is 0 Å². The molecule has 1 atom stereocenters. The summed E-state index contributed by atoms with van der Waals surface area (Å²) in [5.74, 6) is 0.527. The normalized spacial score (nSPS) is 11.6.